The number of unbranched alkanes of at least 4 members (excludes halogenated alkanes) is 1. The van der Waals surface area contributed by atoms with Crippen LogP contribution in [-0.4, -0.2) is 69.3 Å². The summed E-state index contributed by atoms with van der Waals surface area (Å²) in [5, 5.41) is 6.74. The average molecular weight is 397 g/mol. The molecule has 0 bridgehead atoms. The van der Waals surface area contributed by atoms with Gasteiger partial charge in [0.2, 0.25) is 5.91 Å². The molecule has 0 spiro atoms. The summed E-state index contributed by atoms with van der Waals surface area (Å²) in [6.45, 7) is 3.71. The second-order valence-corrected chi connectivity index (χ2v) is 7.23. The normalized spacial score (nSPS) is 15.5. The molecule has 2 aromatic rings. The maximum Gasteiger partial charge on any atom is 0.313 e. The first-order valence-corrected chi connectivity index (χ1v) is 9.91. The SMILES string of the molecule is CCCCN1CCN([C@@H](C(=O)N(C)Cc2ccn[nH]2)c2ccccc2)C(=O)C1=O. The van der Waals surface area contributed by atoms with Gasteiger partial charge in [-0.3, -0.25) is 19.5 Å². The molecule has 154 valence electrons. The summed E-state index contributed by atoms with van der Waals surface area (Å²) in [5.41, 5.74) is 1.48. The number of aromatic nitrogens is 2. The maximum absolute atomic E-state index is 13.3. The van der Waals surface area contributed by atoms with Crippen molar-refractivity contribution in [2.75, 3.05) is 26.7 Å². The molecule has 0 aliphatic carbocycles. The van der Waals surface area contributed by atoms with Gasteiger partial charge in [0.05, 0.1) is 12.2 Å². The highest BCUT2D eigenvalue weighted by atomic mass is 16.2. The number of carbonyl (C=O) groups is 3. The number of hydrogen-bond acceptors (Lipinski definition) is 4. The van der Waals surface area contributed by atoms with Crippen molar-refractivity contribution in [2.45, 2.75) is 32.4 Å². The van der Waals surface area contributed by atoms with Gasteiger partial charge in [0.25, 0.3) is 0 Å². The first-order chi connectivity index (χ1) is 14.0. The second kappa shape index (κ2) is 9.36. The summed E-state index contributed by atoms with van der Waals surface area (Å²) in [7, 11) is 1.68. The Kier molecular flexibility index (Phi) is 6.64. The minimum absolute atomic E-state index is 0.242. The third-order valence-electron chi connectivity index (χ3n) is 5.13. The highest BCUT2D eigenvalue weighted by Gasteiger charge is 2.40. The van der Waals surface area contributed by atoms with Crippen LogP contribution in [0.15, 0.2) is 42.6 Å². The lowest BCUT2D eigenvalue weighted by Gasteiger charge is -2.39. The third-order valence-corrected chi connectivity index (χ3v) is 5.13. The summed E-state index contributed by atoms with van der Waals surface area (Å²) in [6, 6.07) is 10.1. The quantitative estimate of drug-likeness (QED) is 0.685. The van der Waals surface area contributed by atoms with Crippen LogP contribution in [0.5, 0.6) is 0 Å². The fourth-order valence-corrected chi connectivity index (χ4v) is 3.50. The summed E-state index contributed by atoms with van der Waals surface area (Å²) in [4.78, 5) is 43.4. The standard InChI is InChI=1S/C21H27N5O3/c1-3-4-12-25-13-14-26(21(29)20(25)28)18(16-8-6-5-7-9-16)19(27)24(2)15-17-10-11-22-23-17/h5-11,18H,3-4,12-15H2,1-2H3,(H,22,23)/t18-/m1/s1. The first kappa shape index (κ1) is 20.6. The Labute approximate surface area is 170 Å². The molecule has 1 fully saturated rings. The molecule has 1 aromatic carbocycles. The van der Waals surface area contributed by atoms with Crippen LogP contribution in [0.25, 0.3) is 0 Å². The van der Waals surface area contributed by atoms with Crippen molar-refractivity contribution in [3.05, 3.63) is 53.9 Å². The number of aromatic amines is 1. The zero-order valence-electron chi connectivity index (χ0n) is 16.9. The molecule has 3 amide bonds. The Morgan fingerprint density at radius 2 is 1.93 bits per heavy atom. The lowest BCUT2D eigenvalue weighted by molar-refractivity contribution is -0.161. The van der Waals surface area contributed by atoms with Gasteiger partial charge >= 0.3 is 11.8 Å². The van der Waals surface area contributed by atoms with Crippen molar-refractivity contribution < 1.29 is 14.4 Å². The van der Waals surface area contributed by atoms with E-state index in [0.29, 0.717) is 31.7 Å². The van der Waals surface area contributed by atoms with E-state index in [9.17, 15) is 14.4 Å². The molecule has 1 aromatic heterocycles. The Morgan fingerprint density at radius 1 is 1.17 bits per heavy atom. The number of H-pyrrole nitrogens is 1. The van der Waals surface area contributed by atoms with Crippen LogP contribution in [0.3, 0.4) is 0 Å². The molecule has 3 rings (SSSR count). The topological polar surface area (TPSA) is 89.6 Å². The number of likely N-dealkylation sites (N-methyl/N-ethyl adjacent to an activating group) is 1. The number of nitrogens with zero attached hydrogens (tertiary/aromatic N) is 4. The van der Waals surface area contributed by atoms with Crippen molar-refractivity contribution in [3.8, 4) is 0 Å². The van der Waals surface area contributed by atoms with Crippen LogP contribution in [0, 0.1) is 0 Å². The lowest BCUT2D eigenvalue weighted by Crippen LogP contribution is -2.57. The van der Waals surface area contributed by atoms with E-state index < -0.39 is 17.9 Å². The minimum Gasteiger partial charge on any atom is -0.338 e. The van der Waals surface area contributed by atoms with Crippen molar-refractivity contribution >= 4 is 17.7 Å². The van der Waals surface area contributed by atoms with Crippen molar-refractivity contribution in [2.24, 2.45) is 0 Å². The van der Waals surface area contributed by atoms with Gasteiger partial charge < -0.3 is 14.7 Å². The number of carbonyl (C=O) groups excluding carboxylic acids is 3. The Hall–Kier alpha value is -3.16. The molecule has 29 heavy (non-hydrogen) atoms. The van der Waals surface area contributed by atoms with Crippen LogP contribution < -0.4 is 0 Å². The van der Waals surface area contributed by atoms with Gasteiger partial charge in [0, 0.05) is 32.9 Å². The Bertz CT molecular complexity index is 837. The second-order valence-electron chi connectivity index (χ2n) is 7.23. The van der Waals surface area contributed by atoms with E-state index in [2.05, 4.69) is 10.2 Å². The average Bonchev–Trinajstić information content (AvgIpc) is 3.24. The van der Waals surface area contributed by atoms with Crippen LogP contribution in [0.2, 0.25) is 0 Å². The zero-order valence-corrected chi connectivity index (χ0v) is 16.9. The molecule has 0 radical (unpaired) electrons. The molecular formula is C21H27N5O3. The van der Waals surface area contributed by atoms with E-state index in [1.165, 1.54) is 4.90 Å². The van der Waals surface area contributed by atoms with Crippen LogP contribution >= 0.6 is 0 Å². The molecule has 1 aliphatic rings. The van der Waals surface area contributed by atoms with Gasteiger partial charge in [-0.25, -0.2) is 0 Å². The molecular weight excluding hydrogens is 370 g/mol. The van der Waals surface area contributed by atoms with Gasteiger partial charge in [-0.1, -0.05) is 43.7 Å². The fourth-order valence-electron chi connectivity index (χ4n) is 3.50. The zero-order chi connectivity index (χ0) is 20.8. The van der Waals surface area contributed by atoms with Crippen molar-refractivity contribution in [1.29, 1.82) is 0 Å². The number of hydrogen-bond donors (Lipinski definition) is 1. The van der Waals surface area contributed by atoms with Gasteiger partial charge in [-0.2, -0.15) is 5.10 Å². The van der Waals surface area contributed by atoms with Crippen LogP contribution in [0.4, 0.5) is 0 Å². The fraction of sp³-hybridized carbons (Fsp3) is 0.429. The van der Waals surface area contributed by atoms with E-state index in [1.807, 2.05) is 37.3 Å². The molecule has 1 N–H and O–H groups in total. The van der Waals surface area contributed by atoms with Gasteiger partial charge in [0.15, 0.2) is 0 Å². The molecule has 8 heteroatoms. The highest BCUT2D eigenvalue weighted by Crippen LogP contribution is 2.26. The summed E-state index contributed by atoms with van der Waals surface area (Å²) >= 11 is 0. The number of piperazine rings is 1. The maximum atomic E-state index is 13.3. The van der Waals surface area contributed by atoms with Crippen LogP contribution in [0.1, 0.15) is 37.1 Å². The molecule has 1 saturated heterocycles. The van der Waals surface area contributed by atoms with Gasteiger partial charge in [0.1, 0.15) is 6.04 Å². The largest absolute Gasteiger partial charge is 0.338 e. The minimum atomic E-state index is -0.839. The highest BCUT2D eigenvalue weighted by molar-refractivity contribution is 6.35. The van der Waals surface area contributed by atoms with Gasteiger partial charge in [-0.15, -0.1) is 0 Å². The first-order valence-electron chi connectivity index (χ1n) is 9.91. The van der Waals surface area contributed by atoms with E-state index >= 15 is 0 Å². The van der Waals surface area contributed by atoms with E-state index in [1.54, 1.807) is 29.1 Å². The molecule has 8 nitrogen and oxygen atoms in total. The summed E-state index contributed by atoms with van der Waals surface area (Å²) < 4.78 is 0. The predicted octanol–water partition coefficient (Wildman–Crippen LogP) is 1.58. The molecule has 0 saturated carbocycles. The third kappa shape index (κ3) is 4.64. The summed E-state index contributed by atoms with van der Waals surface area (Å²) in [6.07, 6.45) is 3.43. The van der Waals surface area contributed by atoms with Crippen molar-refractivity contribution in [3.63, 3.8) is 0 Å². The molecule has 1 atom stereocenters. The molecule has 0 unspecified atom stereocenters. The number of rotatable bonds is 8. The Morgan fingerprint density at radius 3 is 2.59 bits per heavy atom. The van der Waals surface area contributed by atoms with E-state index in [4.69, 9.17) is 0 Å². The lowest BCUT2D eigenvalue weighted by atomic mass is 10.0. The van der Waals surface area contributed by atoms with E-state index in [0.717, 1.165) is 18.5 Å². The smallest absolute Gasteiger partial charge is 0.313 e. The summed E-state index contributed by atoms with van der Waals surface area (Å²) in [5.74, 6) is -1.40. The molecule has 2 heterocycles. The Balaban J connectivity index is 1.83. The van der Waals surface area contributed by atoms with E-state index in [-0.39, 0.29) is 5.91 Å². The number of nitrogens with one attached hydrogen (secondary N) is 1. The van der Waals surface area contributed by atoms with Gasteiger partial charge in [-0.05, 0) is 18.1 Å². The monoisotopic (exact) mass is 397 g/mol. The number of benzene rings is 1. The van der Waals surface area contributed by atoms with Crippen molar-refractivity contribution in [1.82, 2.24) is 24.9 Å². The molecule has 1 aliphatic heterocycles. The number of amides is 3. The van der Waals surface area contributed by atoms with Crippen LogP contribution in [-0.2, 0) is 20.9 Å². The predicted molar refractivity (Wildman–Crippen MR) is 107 cm³/mol.